The fraction of sp³-hybridized carbons (Fsp3) is 0.200. The summed E-state index contributed by atoms with van der Waals surface area (Å²) < 4.78 is 53.0. The Bertz CT molecular complexity index is 913. The number of nitrogens with zero attached hydrogens (tertiary/aromatic N) is 2. The highest BCUT2D eigenvalue weighted by Crippen LogP contribution is 2.31. The smallest absolute Gasteiger partial charge is 0.255 e. The van der Waals surface area contributed by atoms with E-state index in [4.69, 9.17) is 5.41 Å². The monoisotopic (exact) mass is 392 g/mol. The second kappa shape index (κ2) is 8.69. The number of anilines is 1. The number of pyridine rings is 1. The van der Waals surface area contributed by atoms with Crippen LogP contribution >= 0.6 is 0 Å². The van der Waals surface area contributed by atoms with Gasteiger partial charge in [-0.05, 0) is 25.5 Å². The minimum atomic E-state index is -2.61. The minimum Gasteiger partial charge on any atom is -0.379 e. The van der Waals surface area contributed by atoms with Crippen LogP contribution in [0.15, 0.2) is 66.8 Å². The fourth-order valence-corrected chi connectivity index (χ4v) is 2.54. The van der Waals surface area contributed by atoms with E-state index in [-0.39, 0.29) is 28.4 Å². The first-order chi connectivity index (χ1) is 13.1. The Morgan fingerprint density at radius 1 is 1.39 bits per heavy atom. The van der Waals surface area contributed by atoms with Gasteiger partial charge in [-0.1, -0.05) is 19.2 Å². The van der Waals surface area contributed by atoms with Gasteiger partial charge in [0.1, 0.15) is 11.7 Å². The van der Waals surface area contributed by atoms with Crippen LogP contribution in [-0.2, 0) is 0 Å². The molecule has 0 saturated carbocycles. The zero-order chi connectivity index (χ0) is 21.0. The molecule has 2 heterocycles. The van der Waals surface area contributed by atoms with Crippen LogP contribution in [0.2, 0.25) is 0 Å². The Morgan fingerprint density at radius 3 is 2.64 bits per heavy atom. The summed E-state index contributed by atoms with van der Waals surface area (Å²) in [7, 11) is 0. The molecule has 0 radical (unpaired) electrons. The van der Waals surface area contributed by atoms with Crippen molar-refractivity contribution in [1.29, 1.82) is 5.41 Å². The maximum absolute atomic E-state index is 13.9. The Labute approximate surface area is 160 Å². The first-order valence-electron chi connectivity index (χ1n) is 8.32. The number of hydrogen-bond donors (Lipinski definition) is 2. The fourth-order valence-electron chi connectivity index (χ4n) is 2.54. The zero-order valence-corrected chi connectivity index (χ0v) is 15.5. The van der Waals surface area contributed by atoms with Crippen molar-refractivity contribution in [3.05, 3.63) is 78.1 Å². The molecule has 0 bridgehead atoms. The number of alkyl halides is 2. The lowest BCUT2D eigenvalue weighted by Gasteiger charge is -2.28. The molecule has 0 fully saturated rings. The van der Waals surface area contributed by atoms with Gasteiger partial charge in [0.2, 0.25) is 0 Å². The van der Waals surface area contributed by atoms with Gasteiger partial charge in [-0.25, -0.2) is 17.6 Å². The molecule has 28 heavy (non-hydrogen) atoms. The molecular weight excluding hydrogens is 372 g/mol. The van der Waals surface area contributed by atoms with Crippen LogP contribution in [0.1, 0.15) is 25.1 Å². The average molecular weight is 392 g/mol. The normalized spacial score (nSPS) is 14.8. The van der Waals surface area contributed by atoms with E-state index in [9.17, 15) is 17.6 Å². The summed E-state index contributed by atoms with van der Waals surface area (Å²) in [5, 5.41) is 11.1. The van der Waals surface area contributed by atoms with Crippen molar-refractivity contribution in [2.24, 2.45) is 0 Å². The molecule has 1 aliphatic heterocycles. The van der Waals surface area contributed by atoms with E-state index >= 15 is 0 Å². The van der Waals surface area contributed by atoms with Crippen molar-refractivity contribution >= 4 is 17.0 Å². The van der Waals surface area contributed by atoms with Crippen molar-refractivity contribution in [1.82, 2.24) is 9.88 Å². The van der Waals surface area contributed by atoms with Crippen molar-refractivity contribution in [3.8, 4) is 0 Å². The van der Waals surface area contributed by atoms with Crippen LogP contribution in [0.3, 0.4) is 0 Å². The summed E-state index contributed by atoms with van der Waals surface area (Å²) in [5.41, 5.74) is 1.32. The molecular formula is C20H20F4N4. The van der Waals surface area contributed by atoms with Crippen LogP contribution in [-0.4, -0.2) is 28.6 Å². The molecule has 0 unspecified atom stereocenters. The Balaban J connectivity index is 2.47. The lowest BCUT2D eigenvalue weighted by molar-refractivity contribution is 0.163. The summed E-state index contributed by atoms with van der Waals surface area (Å²) in [5.74, 6) is -1.72. The summed E-state index contributed by atoms with van der Waals surface area (Å²) in [6.45, 7) is 10.00. The summed E-state index contributed by atoms with van der Waals surface area (Å²) in [6.07, 6.45) is 1.89. The third kappa shape index (κ3) is 4.57. The van der Waals surface area contributed by atoms with Crippen molar-refractivity contribution < 1.29 is 17.6 Å². The lowest BCUT2D eigenvalue weighted by Crippen LogP contribution is -2.25. The van der Waals surface area contributed by atoms with Gasteiger partial charge >= 0.3 is 0 Å². The van der Waals surface area contributed by atoms with E-state index in [0.717, 1.165) is 11.1 Å². The van der Waals surface area contributed by atoms with Crippen molar-refractivity contribution in [2.45, 2.75) is 20.3 Å². The second-order valence-electron chi connectivity index (χ2n) is 6.04. The molecule has 0 amide bonds. The Hall–Kier alpha value is -3.16. The maximum Gasteiger partial charge on any atom is 0.255 e. The molecule has 0 spiro atoms. The van der Waals surface area contributed by atoms with Gasteiger partial charge in [0.25, 0.3) is 6.43 Å². The van der Waals surface area contributed by atoms with Crippen LogP contribution in [0, 0.1) is 5.41 Å². The van der Waals surface area contributed by atoms with Crippen molar-refractivity contribution in [2.75, 3.05) is 11.9 Å². The van der Waals surface area contributed by atoms with E-state index < -0.39 is 24.6 Å². The zero-order valence-electron chi connectivity index (χ0n) is 15.5. The number of rotatable bonds is 7. The molecule has 2 rings (SSSR count). The predicted octanol–water partition coefficient (Wildman–Crippen LogP) is 5.56. The standard InChI is InChI=1S/C20H20F4N4/c1-5-18(28-10-13(21)6-15(22)12(28)4)20(25)14-8-26-16(11(2)3)7-17(14)27-9-19(23)24/h5-8,10,19,25H,2,4,9H2,1,3H3,(H,26,27)/b18-5-,25-20?. The summed E-state index contributed by atoms with van der Waals surface area (Å²) >= 11 is 0. The topological polar surface area (TPSA) is 52.0 Å². The lowest BCUT2D eigenvalue weighted by atomic mass is 10.0. The molecule has 0 saturated heterocycles. The maximum atomic E-state index is 13.9. The molecule has 4 nitrogen and oxygen atoms in total. The Morgan fingerprint density at radius 2 is 2.07 bits per heavy atom. The van der Waals surface area contributed by atoms with E-state index in [2.05, 4.69) is 23.5 Å². The van der Waals surface area contributed by atoms with Gasteiger partial charge in [0, 0.05) is 29.7 Å². The average Bonchev–Trinajstić information content (AvgIpc) is 2.63. The van der Waals surface area contributed by atoms with Crippen molar-refractivity contribution in [3.63, 3.8) is 0 Å². The number of halogens is 4. The van der Waals surface area contributed by atoms with Crippen LogP contribution < -0.4 is 5.32 Å². The van der Waals surface area contributed by atoms with Gasteiger partial charge < -0.3 is 10.2 Å². The molecule has 0 aliphatic carbocycles. The molecule has 1 aliphatic rings. The van der Waals surface area contributed by atoms with Gasteiger partial charge in [0.15, 0.2) is 0 Å². The number of aromatic nitrogens is 1. The minimum absolute atomic E-state index is 0.119. The molecule has 0 atom stereocenters. The van der Waals surface area contributed by atoms with E-state index in [1.165, 1.54) is 18.3 Å². The quantitative estimate of drug-likeness (QED) is 0.472. The van der Waals surface area contributed by atoms with Gasteiger partial charge in [-0.2, -0.15) is 0 Å². The summed E-state index contributed by atoms with van der Waals surface area (Å²) in [4.78, 5) is 5.28. The molecule has 1 aromatic rings. The third-order valence-electron chi connectivity index (χ3n) is 3.93. The third-order valence-corrected chi connectivity index (χ3v) is 3.93. The van der Waals surface area contributed by atoms with E-state index in [0.29, 0.717) is 17.3 Å². The first kappa shape index (κ1) is 21.1. The van der Waals surface area contributed by atoms with Crippen LogP contribution in [0.4, 0.5) is 23.2 Å². The highest BCUT2D eigenvalue weighted by atomic mass is 19.3. The van der Waals surface area contributed by atoms with Gasteiger partial charge in [-0.15, -0.1) is 0 Å². The number of hydrogen-bond acceptors (Lipinski definition) is 4. The largest absolute Gasteiger partial charge is 0.379 e. The Kier molecular flexibility index (Phi) is 6.56. The van der Waals surface area contributed by atoms with E-state index in [1.54, 1.807) is 13.8 Å². The molecule has 2 N–H and O–H groups in total. The summed E-state index contributed by atoms with van der Waals surface area (Å²) in [6, 6.07) is 1.50. The number of allylic oxidation sites excluding steroid dienone is 6. The SMILES string of the molecule is C=C(C)c1cc(NCC(F)F)c(C(=N)/C(=C/C)N2C=C(F)C=C(F)C2=C)cn1. The highest BCUT2D eigenvalue weighted by Gasteiger charge is 2.24. The van der Waals surface area contributed by atoms with E-state index in [1.807, 2.05) is 0 Å². The number of nitrogens with one attached hydrogen (secondary N) is 2. The van der Waals surface area contributed by atoms with Crippen LogP contribution in [0.25, 0.3) is 5.57 Å². The highest BCUT2D eigenvalue weighted by molar-refractivity contribution is 6.13. The molecule has 148 valence electrons. The molecule has 0 aromatic carbocycles. The first-order valence-corrected chi connectivity index (χ1v) is 8.32. The predicted molar refractivity (Wildman–Crippen MR) is 103 cm³/mol. The second-order valence-corrected chi connectivity index (χ2v) is 6.04. The molecule has 8 heteroatoms. The van der Waals surface area contributed by atoms with Gasteiger partial charge in [0.05, 0.1) is 29.3 Å². The molecule has 1 aromatic heterocycles. The van der Waals surface area contributed by atoms with Crippen LogP contribution in [0.5, 0.6) is 0 Å². The van der Waals surface area contributed by atoms with Gasteiger partial charge in [-0.3, -0.25) is 10.4 Å².